The van der Waals surface area contributed by atoms with Gasteiger partial charge in [0.1, 0.15) is 5.75 Å². The maximum Gasteiger partial charge on any atom is 0.161 e. The van der Waals surface area contributed by atoms with Crippen molar-refractivity contribution in [2.45, 2.75) is 32.4 Å². The van der Waals surface area contributed by atoms with Gasteiger partial charge in [-0.25, -0.2) is 0 Å². The van der Waals surface area contributed by atoms with Gasteiger partial charge in [0.2, 0.25) is 0 Å². The largest absolute Gasteiger partial charge is 0.495 e. The van der Waals surface area contributed by atoms with E-state index in [4.69, 9.17) is 16.3 Å². The second kappa shape index (κ2) is 6.27. The number of nitrogens with zero attached hydrogens (tertiary/aromatic N) is 1. The third-order valence-electron chi connectivity index (χ3n) is 2.96. The fourth-order valence-corrected chi connectivity index (χ4v) is 3.77. The fraction of sp³-hybridized carbons (Fsp3) is 0.533. The zero-order chi connectivity index (χ0) is 14.8. The molecule has 0 bridgehead atoms. The summed E-state index contributed by atoms with van der Waals surface area (Å²) in [6, 6.07) is 5.67. The molecule has 0 amide bonds. The van der Waals surface area contributed by atoms with Gasteiger partial charge >= 0.3 is 0 Å². The molecule has 1 aromatic rings. The summed E-state index contributed by atoms with van der Waals surface area (Å²) < 4.78 is 5.15. The van der Waals surface area contributed by atoms with Crippen LogP contribution in [0.5, 0.6) is 5.75 Å². The van der Waals surface area contributed by atoms with Crippen LogP contribution in [0.25, 0.3) is 0 Å². The molecule has 0 saturated carbocycles. The molecule has 20 heavy (non-hydrogen) atoms. The van der Waals surface area contributed by atoms with Crippen LogP contribution in [0, 0.1) is 5.41 Å². The van der Waals surface area contributed by atoms with E-state index in [1.807, 2.05) is 30.0 Å². The van der Waals surface area contributed by atoms with Crippen LogP contribution < -0.4 is 10.1 Å². The van der Waals surface area contributed by atoms with Gasteiger partial charge in [-0.3, -0.25) is 4.99 Å². The highest BCUT2D eigenvalue weighted by Gasteiger charge is 2.25. The van der Waals surface area contributed by atoms with Crippen molar-refractivity contribution in [1.82, 2.24) is 0 Å². The standard InChI is InChI=1S/C15H21ClN2OS/c1-15(2,3)8-11-9-17-14(20-11)18-10-5-6-13(19-4)12(16)7-10/h5-7,11H,8-9H2,1-4H3,(H,17,18). The molecule has 1 heterocycles. The van der Waals surface area contributed by atoms with E-state index < -0.39 is 0 Å². The quantitative estimate of drug-likeness (QED) is 0.880. The van der Waals surface area contributed by atoms with Gasteiger partial charge in [0.15, 0.2) is 5.17 Å². The summed E-state index contributed by atoms with van der Waals surface area (Å²) in [6.07, 6.45) is 1.16. The number of hydrogen-bond acceptors (Lipinski definition) is 4. The van der Waals surface area contributed by atoms with Gasteiger partial charge < -0.3 is 10.1 Å². The summed E-state index contributed by atoms with van der Waals surface area (Å²) >= 11 is 7.93. The van der Waals surface area contributed by atoms with Gasteiger partial charge in [-0.15, -0.1) is 0 Å². The molecule has 1 atom stereocenters. The minimum absolute atomic E-state index is 0.339. The van der Waals surface area contributed by atoms with Crippen molar-refractivity contribution in [3.8, 4) is 5.75 Å². The molecule has 3 nitrogen and oxygen atoms in total. The molecule has 1 unspecified atom stereocenters. The number of halogens is 1. The van der Waals surface area contributed by atoms with Crippen LogP contribution in [0.3, 0.4) is 0 Å². The fourth-order valence-electron chi connectivity index (χ4n) is 2.14. The molecule has 0 aliphatic carbocycles. The van der Waals surface area contributed by atoms with Crippen LogP contribution in [-0.2, 0) is 0 Å². The number of ether oxygens (including phenoxy) is 1. The average Bonchev–Trinajstić information content (AvgIpc) is 2.74. The molecule has 1 N–H and O–H groups in total. The molecule has 0 saturated heterocycles. The number of rotatable bonds is 3. The van der Waals surface area contributed by atoms with Gasteiger partial charge in [-0.2, -0.15) is 0 Å². The predicted octanol–water partition coefficient (Wildman–Crippen LogP) is 4.67. The summed E-state index contributed by atoms with van der Waals surface area (Å²) in [7, 11) is 1.61. The summed E-state index contributed by atoms with van der Waals surface area (Å²) in [4.78, 5) is 4.56. The van der Waals surface area contributed by atoms with Gasteiger partial charge in [0, 0.05) is 10.9 Å². The maximum absolute atomic E-state index is 6.12. The van der Waals surface area contributed by atoms with Crippen LogP contribution in [0.4, 0.5) is 5.69 Å². The highest BCUT2D eigenvalue weighted by Crippen LogP contribution is 2.33. The zero-order valence-electron chi connectivity index (χ0n) is 12.4. The second-order valence-electron chi connectivity index (χ2n) is 6.12. The molecule has 0 spiro atoms. The molecule has 1 aromatic carbocycles. The lowest BCUT2D eigenvalue weighted by atomic mass is 9.90. The third-order valence-corrected chi connectivity index (χ3v) is 4.36. The monoisotopic (exact) mass is 312 g/mol. The maximum atomic E-state index is 6.12. The Balaban J connectivity index is 1.94. The molecule has 2 rings (SSSR count). The van der Waals surface area contributed by atoms with Crippen LogP contribution in [-0.4, -0.2) is 24.1 Å². The number of benzene rings is 1. The minimum Gasteiger partial charge on any atom is -0.495 e. The number of methoxy groups -OCH3 is 1. The topological polar surface area (TPSA) is 33.6 Å². The molecule has 1 aliphatic rings. The second-order valence-corrected chi connectivity index (χ2v) is 7.82. The number of thioether (sulfide) groups is 1. The third kappa shape index (κ3) is 4.32. The van der Waals surface area contributed by atoms with Crippen molar-refractivity contribution in [1.29, 1.82) is 0 Å². The number of aliphatic imine (C=N–C) groups is 1. The van der Waals surface area contributed by atoms with Crippen molar-refractivity contribution in [2.24, 2.45) is 10.4 Å². The van der Waals surface area contributed by atoms with Crippen LogP contribution in [0.2, 0.25) is 5.02 Å². The molecule has 0 radical (unpaired) electrons. The smallest absolute Gasteiger partial charge is 0.161 e. The van der Waals surface area contributed by atoms with Crippen molar-refractivity contribution in [2.75, 3.05) is 19.0 Å². The van der Waals surface area contributed by atoms with Gasteiger partial charge in [-0.05, 0) is 30.0 Å². The number of nitrogens with one attached hydrogen (secondary N) is 1. The lowest BCUT2D eigenvalue weighted by Crippen LogP contribution is -2.16. The van der Waals surface area contributed by atoms with E-state index in [2.05, 4.69) is 31.1 Å². The lowest BCUT2D eigenvalue weighted by Gasteiger charge is -2.21. The molecule has 0 fully saturated rings. The van der Waals surface area contributed by atoms with Gasteiger partial charge in [-0.1, -0.05) is 44.1 Å². The molecular weight excluding hydrogens is 292 g/mol. The first-order chi connectivity index (χ1) is 9.37. The molecular formula is C15H21ClN2OS. The summed E-state index contributed by atoms with van der Waals surface area (Å²) in [5, 5.41) is 5.46. The Bertz CT molecular complexity index is 511. The number of anilines is 1. The predicted molar refractivity (Wildman–Crippen MR) is 89.4 cm³/mol. The zero-order valence-corrected chi connectivity index (χ0v) is 13.9. The van der Waals surface area contributed by atoms with E-state index in [9.17, 15) is 0 Å². The van der Waals surface area contributed by atoms with Crippen molar-refractivity contribution in [3.05, 3.63) is 23.2 Å². The van der Waals surface area contributed by atoms with Gasteiger partial charge in [0.05, 0.1) is 18.7 Å². The minimum atomic E-state index is 0.339. The Labute approximate surface area is 130 Å². The van der Waals surface area contributed by atoms with E-state index in [0.717, 1.165) is 23.8 Å². The van der Waals surface area contributed by atoms with E-state index in [0.29, 0.717) is 21.4 Å². The Kier molecular flexibility index (Phi) is 4.86. The van der Waals surface area contributed by atoms with Crippen LogP contribution >= 0.6 is 23.4 Å². The van der Waals surface area contributed by atoms with Crippen molar-refractivity contribution < 1.29 is 4.74 Å². The van der Waals surface area contributed by atoms with E-state index >= 15 is 0 Å². The van der Waals surface area contributed by atoms with E-state index in [-0.39, 0.29) is 0 Å². The van der Waals surface area contributed by atoms with Crippen molar-refractivity contribution >= 4 is 34.2 Å². The highest BCUT2D eigenvalue weighted by atomic mass is 35.5. The molecule has 110 valence electrons. The van der Waals surface area contributed by atoms with Crippen molar-refractivity contribution in [3.63, 3.8) is 0 Å². The molecule has 0 aromatic heterocycles. The van der Waals surface area contributed by atoms with E-state index in [1.54, 1.807) is 7.11 Å². The van der Waals surface area contributed by atoms with Crippen LogP contribution in [0.1, 0.15) is 27.2 Å². The molecule has 5 heteroatoms. The average molecular weight is 313 g/mol. The summed E-state index contributed by atoms with van der Waals surface area (Å²) in [5.74, 6) is 0.684. The van der Waals surface area contributed by atoms with Crippen LogP contribution in [0.15, 0.2) is 23.2 Å². The Hall–Kier alpha value is -0.870. The Morgan fingerprint density at radius 2 is 2.20 bits per heavy atom. The SMILES string of the molecule is COc1ccc(NC2=NCC(CC(C)(C)C)S2)cc1Cl. The summed E-state index contributed by atoms with van der Waals surface area (Å²) in [6.45, 7) is 7.68. The Morgan fingerprint density at radius 1 is 1.45 bits per heavy atom. The first-order valence-corrected chi connectivity index (χ1v) is 7.95. The molecule has 1 aliphatic heterocycles. The normalized spacial score (nSPS) is 18.9. The highest BCUT2D eigenvalue weighted by molar-refractivity contribution is 8.15. The summed E-state index contributed by atoms with van der Waals surface area (Å²) in [5.41, 5.74) is 1.28. The Morgan fingerprint density at radius 3 is 2.80 bits per heavy atom. The first kappa shape index (κ1) is 15.5. The number of amidine groups is 1. The van der Waals surface area contributed by atoms with Gasteiger partial charge in [0.25, 0.3) is 0 Å². The van der Waals surface area contributed by atoms with E-state index in [1.165, 1.54) is 0 Å². The first-order valence-electron chi connectivity index (χ1n) is 6.69. The lowest BCUT2D eigenvalue weighted by molar-refractivity contribution is 0.375. The number of hydrogen-bond donors (Lipinski definition) is 1.